The topological polar surface area (TPSA) is 110 Å². The van der Waals surface area contributed by atoms with Gasteiger partial charge in [-0.25, -0.2) is 0 Å². The van der Waals surface area contributed by atoms with Crippen molar-refractivity contribution < 1.29 is 14.7 Å². The molecule has 0 saturated carbocycles. The van der Waals surface area contributed by atoms with Crippen LogP contribution >= 0.6 is 0 Å². The average molecular weight is 249 g/mol. The summed E-state index contributed by atoms with van der Waals surface area (Å²) in [5, 5.41) is 9.55. The predicted octanol–water partition coefficient (Wildman–Crippen LogP) is -0.670. The van der Waals surface area contributed by atoms with Gasteiger partial charge in [-0.05, 0) is 12.1 Å². The standard InChI is InChI=1S/C12H15N3O3/c13-9-4-2-1-3-8(9)12(18)15-6-7(16)5-10(15)11(14)17/h1-4,7,10,16H,5-6,13H2,(H2,14,17). The molecule has 0 bridgehead atoms. The molecule has 1 aliphatic heterocycles. The predicted molar refractivity (Wildman–Crippen MR) is 65.5 cm³/mol. The highest BCUT2D eigenvalue weighted by molar-refractivity contribution is 6.01. The first-order valence-corrected chi connectivity index (χ1v) is 5.63. The van der Waals surface area contributed by atoms with Gasteiger partial charge >= 0.3 is 0 Å². The molecule has 2 amide bonds. The number of aliphatic hydroxyl groups excluding tert-OH is 1. The number of hydrogen-bond donors (Lipinski definition) is 3. The fraction of sp³-hybridized carbons (Fsp3) is 0.333. The van der Waals surface area contributed by atoms with Crippen molar-refractivity contribution in [2.75, 3.05) is 12.3 Å². The third-order valence-electron chi connectivity index (χ3n) is 3.06. The molecule has 6 nitrogen and oxygen atoms in total. The normalized spacial score (nSPS) is 23.1. The molecular formula is C12H15N3O3. The molecule has 0 spiro atoms. The first kappa shape index (κ1) is 12.4. The monoisotopic (exact) mass is 249 g/mol. The summed E-state index contributed by atoms with van der Waals surface area (Å²) in [6.45, 7) is 0.0980. The summed E-state index contributed by atoms with van der Waals surface area (Å²) in [5.41, 5.74) is 11.6. The number of carbonyl (C=O) groups excluding carboxylic acids is 2. The molecule has 2 atom stereocenters. The lowest BCUT2D eigenvalue weighted by Crippen LogP contribution is -2.43. The zero-order chi connectivity index (χ0) is 13.3. The Hall–Kier alpha value is -2.08. The highest BCUT2D eigenvalue weighted by Crippen LogP contribution is 2.22. The summed E-state index contributed by atoms with van der Waals surface area (Å²) >= 11 is 0. The second-order valence-corrected chi connectivity index (χ2v) is 4.35. The Bertz CT molecular complexity index is 489. The maximum atomic E-state index is 12.3. The number of para-hydroxylation sites is 1. The van der Waals surface area contributed by atoms with Crippen molar-refractivity contribution >= 4 is 17.5 Å². The average Bonchev–Trinajstić information content (AvgIpc) is 2.71. The first-order chi connectivity index (χ1) is 8.50. The Kier molecular flexibility index (Phi) is 3.20. The Balaban J connectivity index is 2.28. The largest absolute Gasteiger partial charge is 0.398 e. The third kappa shape index (κ3) is 2.14. The van der Waals surface area contributed by atoms with E-state index >= 15 is 0 Å². The number of benzene rings is 1. The molecule has 6 heteroatoms. The van der Waals surface area contributed by atoms with Gasteiger partial charge in [-0.2, -0.15) is 0 Å². The fourth-order valence-electron chi connectivity index (χ4n) is 2.15. The first-order valence-electron chi connectivity index (χ1n) is 5.63. The highest BCUT2D eigenvalue weighted by atomic mass is 16.3. The third-order valence-corrected chi connectivity index (χ3v) is 3.06. The van der Waals surface area contributed by atoms with Crippen LogP contribution in [-0.4, -0.2) is 40.5 Å². The van der Waals surface area contributed by atoms with Crippen LogP contribution in [0.3, 0.4) is 0 Å². The summed E-state index contributed by atoms with van der Waals surface area (Å²) < 4.78 is 0. The minimum atomic E-state index is -0.771. The van der Waals surface area contributed by atoms with Crippen molar-refractivity contribution in [2.45, 2.75) is 18.6 Å². The van der Waals surface area contributed by atoms with Crippen LogP contribution in [0.4, 0.5) is 5.69 Å². The number of aliphatic hydroxyl groups is 1. The summed E-state index contributed by atoms with van der Waals surface area (Å²) in [6, 6.07) is 5.83. The molecule has 18 heavy (non-hydrogen) atoms. The molecule has 1 aliphatic rings. The molecule has 2 rings (SSSR count). The van der Waals surface area contributed by atoms with Gasteiger partial charge in [0.1, 0.15) is 6.04 Å². The maximum absolute atomic E-state index is 12.3. The van der Waals surface area contributed by atoms with Gasteiger partial charge in [0.05, 0.1) is 11.7 Å². The number of β-amino-alcohol motifs (C(OH)–C–C–N with tert-alkyl or cyclic N) is 1. The lowest BCUT2D eigenvalue weighted by atomic mass is 10.1. The van der Waals surface area contributed by atoms with E-state index in [9.17, 15) is 14.7 Å². The van der Waals surface area contributed by atoms with E-state index in [1.54, 1.807) is 24.3 Å². The van der Waals surface area contributed by atoms with Gasteiger partial charge < -0.3 is 21.5 Å². The number of nitrogens with zero attached hydrogens (tertiary/aromatic N) is 1. The summed E-state index contributed by atoms with van der Waals surface area (Å²) in [5.74, 6) is -0.997. The maximum Gasteiger partial charge on any atom is 0.256 e. The molecule has 2 unspecified atom stereocenters. The minimum absolute atomic E-state index is 0.0980. The van der Waals surface area contributed by atoms with E-state index in [1.807, 2.05) is 0 Å². The molecule has 0 aromatic heterocycles. The van der Waals surface area contributed by atoms with E-state index in [0.29, 0.717) is 11.3 Å². The molecule has 1 saturated heterocycles. The molecule has 1 aromatic rings. The van der Waals surface area contributed by atoms with Crippen molar-refractivity contribution in [3.05, 3.63) is 29.8 Å². The van der Waals surface area contributed by atoms with Crippen LogP contribution in [0, 0.1) is 0 Å². The van der Waals surface area contributed by atoms with E-state index in [1.165, 1.54) is 4.90 Å². The van der Waals surface area contributed by atoms with Crippen molar-refractivity contribution in [1.82, 2.24) is 4.90 Å². The SMILES string of the molecule is NC(=O)C1CC(O)CN1C(=O)c1ccccc1N. The van der Waals surface area contributed by atoms with Crippen LogP contribution in [0.5, 0.6) is 0 Å². The Morgan fingerprint density at radius 1 is 1.33 bits per heavy atom. The highest BCUT2D eigenvalue weighted by Gasteiger charge is 2.38. The molecule has 1 fully saturated rings. The second-order valence-electron chi connectivity index (χ2n) is 4.35. The number of nitrogen functional groups attached to an aromatic ring is 1. The van der Waals surface area contributed by atoms with Crippen molar-refractivity contribution in [2.24, 2.45) is 5.73 Å². The number of anilines is 1. The van der Waals surface area contributed by atoms with Crippen LogP contribution in [0.25, 0.3) is 0 Å². The van der Waals surface area contributed by atoms with Crippen LogP contribution < -0.4 is 11.5 Å². The number of nitrogens with two attached hydrogens (primary N) is 2. The zero-order valence-electron chi connectivity index (χ0n) is 9.74. The smallest absolute Gasteiger partial charge is 0.256 e. The quantitative estimate of drug-likeness (QED) is 0.604. The number of carbonyl (C=O) groups is 2. The van der Waals surface area contributed by atoms with Crippen molar-refractivity contribution in [3.63, 3.8) is 0 Å². The van der Waals surface area contributed by atoms with E-state index < -0.39 is 18.1 Å². The van der Waals surface area contributed by atoms with Gasteiger partial charge in [-0.15, -0.1) is 0 Å². The number of rotatable bonds is 2. The zero-order valence-corrected chi connectivity index (χ0v) is 9.74. The molecule has 0 aliphatic carbocycles. The van der Waals surface area contributed by atoms with E-state index in [2.05, 4.69) is 0 Å². The lowest BCUT2D eigenvalue weighted by Gasteiger charge is -2.22. The summed E-state index contributed by atoms with van der Waals surface area (Å²) in [6.07, 6.45) is -0.551. The molecule has 1 heterocycles. The van der Waals surface area contributed by atoms with Crippen LogP contribution in [-0.2, 0) is 4.79 Å². The van der Waals surface area contributed by atoms with Gasteiger partial charge in [-0.3, -0.25) is 9.59 Å². The van der Waals surface area contributed by atoms with Crippen molar-refractivity contribution in [1.29, 1.82) is 0 Å². The lowest BCUT2D eigenvalue weighted by molar-refractivity contribution is -0.121. The van der Waals surface area contributed by atoms with Crippen LogP contribution in [0.15, 0.2) is 24.3 Å². The number of hydrogen-bond acceptors (Lipinski definition) is 4. The van der Waals surface area contributed by atoms with Gasteiger partial charge in [0.2, 0.25) is 5.91 Å². The molecule has 96 valence electrons. The van der Waals surface area contributed by atoms with Gasteiger partial charge in [0.25, 0.3) is 5.91 Å². The summed E-state index contributed by atoms with van der Waals surface area (Å²) in [7, 11) is 0. The fourth-order valence-corrected chi connectivity index (χ4v) is 2.15. The van der Waals surface area contributed by atoms with E-state index in [4.69, 9.17) is 11.5 Å². The number of likely N-dealkylation sites (tertiary alicyclic amines) is 1. The molecule has 0 radical (unpaired) electrons. The summed E-state index contributed by atoms with van der Waals surface area (Å²) in [4.78, 5) is 24.8. The van der Waals surface area contributed by atoms with Gasteiger partial charge in [-0.1, -0.05) is 12.1 Å². The van der Waals surface area contributed by atoms with Gasteiger partial charge in [0, 0.05) is 18.7 Å². The number of amides is 2. The van der Waals surface area contributed by atoms with Crippen LogP contribution in [0.1, 0.15) is 16.8 Å². The Morgan fingerprint density at radius 3 is 2.61 bits per heavy atom. The number of primary amides is 1. The van der Waals surface area contributed by atoms with Crippen molar-refractivity contribution in [3.8, 4) is 0 Å². The Morgan fingerprint density at radius 2 is 2.00 bits per heavy atom. The molecule has 5 N–H and O–H groups in total. The van der Waals surface area contributed by atoms with Crippen LogP contribution in [0.2, 0.25) is 0 Å². The minimum Gasteiger partial charge on any atom is -0.398 e. The molecule has 1 aromatic carbocycles. The van der Waals surface area contributed by atoms with E-state index in [0.717, 1.165) is 0 Å². The van der Waals surface area contributed by atoms with E-state index in [-0.39, 0.29) is 18.9 Å². The molecular weight excluding hydrogens is 234 g/mol. The van der Waals surface area contributed by atoms with Gasteiger partial charge in [0.15, 0.2) is 0 Å². The second kappa shape index (κ2) is 4.66. The Labute approximate surface area is 104 Å².